The van der Waals surface area contributed by atoms with Crippen molar-refractivity contribution >= 4 is 14.3 Å². The molecule has 1 aromatic rings. The molecule has 0 atom stereocenters. The Morgan fingerprint density at radius 1 is 0.812 bits per heavy atom. The van der Waals surface area contributed by atoms with Crippen LogP contribution in [0.15, 0.2) is 24.3 Å². The van der Waals surface area contributed by atoms with Crippen LogP contribution in [0.4, 0.5) is 12.3 Å². The van der Waals surface area contributed by atoms with Gasteiger partial charge in [-0.25, -0.2) is 24.5 Å². The maximum absolute atomic E-state index is 11.8. The first-order valence-corrected chi connectivity index (χ1v) is 5.53. The molecule has 0 aliphatic rings. The second kappa shape index (κ2) is 17.5. The molecule has 0 fully saturated rings. The Morgan fingerprint density at radius 2 is 1.06 bits per heavy atom. The van der Waals surface area contributed by atoms with E-state index in [2.05, 4.69) is 0 Å². The smallest absolute Gasteiger partial charge is 0.680 e. The third kappa shape index (κ3) is 14.1. The van der Waals surface area contributed by atoms with Gasteiger partial charge in [0, 0.05) is 0 Å². The average Bonchev–Trinajstić information content (AvgIpc) is 2.79. The van der Waals surface area contributed by atoms with Gasteiger partial charge in [0.05, 0.1) is 0 Å². The molecule has 0 saturated carbocycles. The predicted octanol–water partition coefficient (Wildman–Crippen LogP) is 3.46. The van der Waals surface area contributed by atoms with E-state index in [1.807, 2.05) is 0 Å². The van der Waals surface area contributed by atoms with E-state index in [9.17, 15) is 12.3 Å². The molecule has 16 heavy (non-hydrogen) atoms. The van der Waals surface area contributed by atoms with Crippen LogP contribution in [0.1, 0.15) is 0 Å². The van der Waals surface area contributed by atoms with E-state index in [0.29, 0.717) is 0 Å². The van der Waals surface area contributed by atoms with Crippen LogP contribution in [0.5, 0.6) is 0 Å². The van der Waals surface area contributed by atoms with Crippen molar-refractivity contribution in [1.82, 2.24) is 0 Å². The second-order valence-electron chi connectivity index (χ2n) is 1.67. The molecular formula is C8H16F3HfN3Si. The number of rotatable bonds is 1. The van der Waals surface area contributed by atoms with Crippen LogP contribution in [0.2, 0.25) is 0 Å². The predicted molar refractivity (Wildman–Crippen MR) is 61.5 cm³/mol. The maximum atomic E-state index is 11.8. The number of nitrogens with one attached hydrogen (secondary N) is 3. The van der Waals surface area contributed by atoms with Crippen molar-refractivity contribution in [1.29, 1.82) is 0 Å². The van der Waals surface area contributed by atoms with Gasteiger partial charge in [0.1, 0.15) is 0 Å². The molecule has 8 heteroatoms. The summed E-state index contributed by atoms with van der Waals surface area (Å²) in [5, 5.41) is -0.442. The normalized spacial score (nSPS) is 7.81. The van der Waals surface area contributed by atoms with Crippen molar-refractivity contribution < 1.29 is 38.2 Å². The minimum atomic E-state index is -5.48. The van der Waals surface area contributed by atoms with Crippen molar-refractivity contribution in [3.8, 4) is 0 Å². The van der Waals surface area contributed by atoms with Gasteiger partial charge in [0.2, 0.25) is 0 Å². The van der Waals surface area contributed by atoms with Crippen molar-refractivity contribution in [2.45, 2.75) is 0 Å². The SMILES string of the molecule is C[NH-].C[NH-].C[NH-].F[Si](F)(F)[c-]1cccc1.[Hf+4]. The van der Waals surface area contributed by atoms with Crippen molar-refractivity contribution in [2.75, 3.05) is 21.1 Å². The fourth-order valence-electron chi connectivity index (χ4n) is 0.563. The summed E-state index contributed by atoms with van der Waals surface area (Å²) in [4.78, 5) is 0. The molecule has 0 aliphatic carbocycles. The van der Waals surface area contributed by atoms with Crippen LogP contribution < -0.4 is 5.19 Å². The fourth-order valence-corrected chi connectivity index (χ4v) is 1.13. The standard InChI is InChI=1S/C5H4F3Si.3CH4N.Hf/c6-9(7,8)5-3-1-2-4-5;3*1-2;/h1-4H;3*2H,1H3;/q4*-1;+4. The molecule has 3 N–H and O–H groups in total. The van der Waals surface area contributed by atoms with Crippen molar-refractivity contribution in [3.63, 3.8) is 0 Å². The van der Waals surface area contributed by atoms with Crippen molar-refractivity contribution in [2.24, 2.45) is 0 Å². The zero-order valence-electron chi connectivity index (χ0n) is 9.44. The van der Waals surface area contributed by atoms with Gasteiger partial charge >= 0.3 is 34.9 Å². The molecule has 0 spiro atoms. The Morgan fingerprint density at radius 3 is 1.19 bits per heavy atom. The summed E-state index contributed by atoms with van der Waals surface area (Å²) in [5.41, 5.74) is 17.2. The first-order chi connectivity index (χ1) is 7.11. The number of halogens is 3. The van der Waals surface area contributed by atoms with Crippen LogP contribution in [0, 0.1) is 0 Å². The Balaban J connectivity index is -0.0000000900. The summed E-state index contributed by atoms with van der Waals surface area (Å²) in [5.74, 6) is 0. The monoisotopic (exact) mass is 419 g/mol. The third-order valence-corrected chi connectivity index (χ3v) is 1.98. The van der Waals surface area contributed by atoms with Crippen LogP contribution in [0.25, 0.3) is 17.2 Å². The summed E-state index contributed by atoms with van der Waals surface area (Å²) in [6.07, 6.45) is 0. The van der Waals surface area contributed by atoms with E-state index in [1.165, 1.54) is 33.3 Å². The Labute approximate surface area is 115 Å². The van der Waals surface area contributed by atoms with Gasteiger partial charge in [-0.05, 0) is 0 Å². The molecule has 1 aromatic carbocycles. The average molecular weight is 418 g/mol. The van der Waals surface area contributed by atoms with E-state index >= 15 is 0 Å². The first kappa shape index (κ1) is 25.1. The van der Waals surface area contributed by atoms with Gasteiger partial charge in [0.15, 0.2) is 0 Å². The molecular weight excluding hydrogens is 402 g/mol. The third-order valence-electron chi connectivity index (χ3n) is 0.990. The summed E-state index contributed by atoms with van der Waals surface area (Å²) in [7, 11) is -1.73. The molecule has 0 aromatic heterocycles. The van der Waals surface area contributed by atoms with Gasteiger partial charge in [-0.2, -0.15) is 33.3 Å². The van der Waals surface area contributed by atoms with Gasteiger partial charge in [0.25, 0.3) is 0 Å². The van der Waals surface area contributed by atoms with E-state index < -0.39 is 14.3 Å². The summed E-state index contributed by atoms with van der Waals surface area (Å²) >= 11 is 0. The minimum Gasteiger partial charge on any atom is -0.680 e. The van der Waals surface area contributed by atoms with Gasteiger partial charge in [-0.15, -0.1) is 0 Å². The second-order valence-corrected chi connectivity index (χ2v) is 3.24. The zero-order chi connectivity index (χ0) is 12.9. The molecule has 0 aliphatic heterocycles. The van der Waals surface area contributed by atoms with E-state index in [1.54, 1.807) is 0 Å². The molecule has 0 amide bonds. The van der Waals surface area contributed by atoms with E-state index in [4.69, 9.17) is 17.2 Å². The van der Waals surface area contributed by atoms with Crippen LogP contribution >= 0.6 is 0 Å². The number of hydrogen-bond donors (Lipinski definition) is 0. The van der Waals surface area contributed by atoms with Crippen LogP contribution in [-0.2, 0) is 25.8 Å². The Kier molecular flexibility index (Phi) is 27.4. The van der Waals surface area contributed by atoms with Crippen molar-refractivity contribution in [3.05, 3.63) is 41.5 Å². The first-order valence-electron chi connectivity index (χ1n) is 3.89. The summed E-state index contributed by atoms with van der Waals surface area (Å²) in [6.45, 7) is 0. The van der Waals surface area contributed by atoms with Gasteiger partial charge < -0.3 is 17.2 Å². The number of hydrogen-bond acceptors (Lipinski definition) is 0. The fraction of sp³-hybridized carbons (Fsp3) is 0.375. The summed E-state index contributed by atoms with van der Waals surface area (Å²) < 4.78 is 35.3. The quantitative estimate of drug-likeness (QED) is 0.381. The molecule has 0 saturated heterocycles. The topological polar surface area (TPSA) is 71.4 Å². The molecule has 0 bridgehead atoms. The Hall–Kier alpha value is 0.107. The van der Waals surface area contributed by atoms with Gasteiger partial charge in [-0.1, -0.05) is 5.19 Å². The van der Waals surface area contributed by atoms with E-state index in [0.717, 1.165) is 12.1 Å². The summed E-state index contributed by atoms with van der Waals surface area (Å²) in [6, 6.07) is 5.00. The molecule has 0 heterocycles. The molecule has 1 rings (SSSR count). The van der Waals surface area contributed by atoms with Gasteiger partial charge in [-0.3, -0.25) is 0 Å². The molecule has 3 nitrogen and oxygen atoms in total. The largest absolute Gasteiger partial charge is 4.00 e. The zero-order valence-corrected chi connectivity index (χ0v) is 14.0. The van der Waals surface area contributed by atoms with Crippen LogP contribution in [0.3, 0.4) is 0 Å². The molecule has 0 radical (unpaired) electrons. The molecule has 0 unspecified atom stereocenters. The van der Waals surface area contributed by atoms with E-state index in [-0.39, 0.29) is 25.8 Å². The maximum Gasteiger partial charge on any atom is 4.00 e. The van der Waals surface area contributed by atoms with Crippen LogP contribution in [-0.4, -0.2) is 30.2 Å². The Bertz CT molecular complexity index is 193. The molecule has 92 valence electrons. The minimum absolute atomic E-state index is 0.